The summed E-state index contributed by atoms with van der Waals surface area (Å²) in [6, 6.07) is 6.77. The van der Waals surface area contributed by atoms with Gasteiger partial charge in [0.2, 0.25) is 0 Å². The number of nitro groups is 1. The molecule has 0 aliphatic rings. The molecular weight excluding hydrogens is 326 g/mol. The molecule has 130 valence electrons. The minimum Gasteiger partial charge on any atom is -0.370 e. The summed E-state index contributed by atoms with van der Waals surface area (Å²) in [5, 5.41) is 11.3. The maximum atomic E-state index is 11.4. The monoisotopic (exact) mass is 349 g/mol. The lowest BCUT2D eigenvalue weighted by molar-refractivity contribution is -0.386. The van der Waals surface area contributed by atoms with E-state index in [1.165, 1.54) is 6.07 Å². The van der Waals surface area contributed by atoms with E-state index in [4.69, 9.17) is 4.74 Å². The van der Waals surface area contributed by atoms with Crippen LogP contribution in [0, 0.1) is 10.1 Å². The van der Waals surface area contributed by atoms with Crippen molar-refractivity contribution < 1.29 is 9.66 Å². The number of benzene rings is 1. The first-order valence-corrected chi connectivity index (χ1v) is 8.71. The standard InChI is InChI=1S/C17H23N3O3S/c1-5-23-15(13-8-6-7-9-14(13)20(21)22)16(24-17(2,3)4)19-11-10-18-12-19/h6-12,15-16H,5H2,1-4H3. The zero-order valence-electron chi connectivity index (χ0n) is 14.4. The molecule has 2 atom stereocenters. The van der Waals surface area contributed by atoms with Gasteiger partial charge in [-0.25, -0.2) is 4.98 Å². The molecule has 1 aromatic heterocycles. The zero-order valence-corrected chi connectivity index (χ0v) is 15.2. The molecule has 0 fully saturated rings. The minimum absolute atomic E-state index is 0.0478. The highest BCUT2D eigenvalue weighted by molar-refractivity contribution is 8.00. The van der Waals surface area contributed by atoms with Gasteiger partial charge < -0.3 is 9.30 Å². The summed E-state index contributed by atoms with van der Waals surface area (Å²) in [6.45, 7) is 8.71. The van der Waals surface area contributed by atoms with Crippen LogP contribution in [0.15, 0.2) is 43.0 Å². The molecule has 2 rings (SSSR count). The molecule has 0 saturated heterocycles. The summed E-state index contributed by atoms with van der Waals surface area (Å²) in [7, 11) is 0. The number of aromatic nitrogens is 2. The molecule has 0 aliphatic heterocycles. The average Bonchev–Trinajstić information content (AvgIpc) is 3.04. The van der Waals surface area contributed by atoms with Crippen LogP contribution in [0.5, 0.6) is 0 Å². The predicted octanol–water partition coefficient (Wildman–Crippen LogP) is 4.60. The minimum atomic E-state index is -0.449. The van der Waals surface area contributed by atoms with Gasteiger partial charge >= 0.3 is 0 Å². The van der Waals surface area contributed by atoms with Crippen molar-refractivity contribution in [3.63, 3.8) is 0 Å². The molecule has 2 aromatic rings. The van der Waals surface area contributed by atoms with Crippen LogP contribution in [0.3, 0.4) is 0 Å². The maximum absolute atomic E-state index is 11.4. The van der Waals surface area contributed by atoms with E-state index in [1.807, 2.05) is 17.7 Å². The number of para-hydroxylation sites is 1. The molecule has 0 spiro atoms. The first-order chi connectivity index (χ1) is 11.3. The lowest BCUT2D eigenvalue weighted by Gasteiger charge is -2.32. The van der Waals surface area contributed by atoms with Crippen LogP contribution in [-0.4, -0.2) is 25.8 Å². The van der Waals surface area contributed by atoms with Gasteiger partial charge in [-0.3, -0.25) is 10.1 Å². The number of thioether (sulfide) groups is 1. The Balaban J connectivity index is 2.51. The third-order valence-corrected chi connectivity index (χ3v) is 4.78. The van der Waals surface area contributed by atoms with Gasteiger partial charge in [0.05, 0.1) is 16.8 Å². The van der Waals surface area contributed by atoms with Gasteiger partial charge in [0.1, 0.15) is 11.5 Å². The van der Waals surface area contributed by atoms with Crippen LogP contribution in [0.4, 0.5) is 5.69 Å². The molecule has 0 N–H and O–H groups in total. The van der Waals surface area contributed by atoms with Crippen LogP contribution >= 0.6 is 11.8 Å². The fraction of sp³-hybridized carbons (Fsp3) is 0.471. The van der Waals surface area contributed by atoms with E-state index in [1.54, 1.807) is 42.5 Å². The van der Waals surface area contributed by atoms with Gasteiger partial charge in [0.25, 0.3) is 5.69 Å². The Hall–Kier alpha value is -1.86. The molecule has 1 aromatic carbocycles. The van der Waals surface area contributed by atoms with E-state index in [2.05, 4.69) is 25.8 Å². The Morgan fingerprint density at radius 3 is 2.62 bits per heavy atom. The van der Waals surface area contributed by atoms with Crippen LogP contribution in [0.2, 0.25) is 0 Å². The second-order valence-electron chi connectivity index (χ2n) is 6.32. The van der Waals surface area contributed by atoms with E-state index in [0.29, 0.717) is 12.2 Å². The Labute approximate surface area is 146 Å². The van der Waals surface area contributed by atoms with Crippen LogP contribution in [0.25, 0.3) is 0 Å². The van der Waals surface area contributed by atoms with E-state index in [9.17, 15) is 10.1 Å². The van der Waals surface area contributed by atoms with Crippen molar-refractivity contribution in [2.45, 2.75) is 43.9 Å². The number of imidazole rings is 1. The molecule has 0 amide bonds. The lowest BCUT2D eigenvalue weighted by Crippen LogP contribution is -2.23. The number of hydrogen-bond acceptors (Lipinski definition) is 5. The fourth-order valence-corrected chi connectivity index (χ4v) is 3.78. The fourth-order valence-electron chi connectivity index (χ4n) is 2.46. The first-order valence-electron chi connectivity index (χ1n) is 7.83. The topological polar surface area (TPSA) is 70.2 Å². The number of nitrogens with zero attached hydrogens (tertiary/aromatic N) is 3. The molecule has 24 heavy (non-hydrogen) atoms. The van der Waals surface area contributed by atoms with Crippen molar-refractivity contribution >= 4 is 17.4 Å². The van der Waals surface area contributed by atoms with E-state index in [0.717, 1.165) is 0 Å². The van der Waals surface area contributed by atoms with Crippen molar-refractivity contribution in [1.29, 1.82) is 0 Å². The Morgan fingerprint density at radius 2 is 2.08 bits per heavy atom. The van der Waals surface area contributed by atoms with Gasteiger partial charge in [-0.1, -0.05) is 32.9 Å². The summed E-state index contributed by atoms with van der Waals surface area (Å²) >= 11 is 1.70. The third kappa shape index (κ3) is 4.58. The molecule has 6 nitrogen and oxygen atoms in total. The highest BCUT2D eigenvalue weighted by Gasteiger charge is 2.34. The van der Waals surface area contributed by atoms with Crippen LogP contribution in [-0.2, 0) is 4.74 Å². The van der Waals surface area contributed by atoms with Gasteiger partial charge in [-0.2, -0.15) is 0 Å². The second kappa shape index (κ2) is 7.81. The quantitative estimate of drug-likeness (QED) is 0.540. The number of hydrogen-bond donors (Lipinski definition) is 0. The summed E-state index contributed by atoms with van der Waals surface area (Å²) < 4.78 is 7.88. The molecule has 0 radical (unpaired) electrons. The van der Waals surface area contributed by atoms with Crippen LogP contribution in [0.1, 0.15) is 44.7 Å². The van der Waals surface area contributed by atoms with Gasteiger partial charge in [-0.05, 0) is 13.0 Å². The van der Waals surface area contributed by atoms with E-state index in [-0.39, 0.29) is 20.7 Å². The summed E-state index contributed by atoms with van der Waals surface area (Å²) in [5.74, 6) is 0. The Bertz CT molecular complexity index is 668. The zero-order chi connectivity index (χ0) is 17.7. The predicted molar refractivity (Wildman–Crippen MR) is 96.1 cm³/mol. The van der Waals surface area contributed by atoms with Gasteiger partial charge in [0, 0.05) is 29.8 Å². The number of rotatable bonds is 7. The molecule has 2 unspecified atom stereocenters. The molecule has 7 heteroatoms. The molecule has 0 aliphatic carbocycles. The number of ether oxygens (including phenoxy) is 1. The molecular formula is C17H23N3O3S. The van der Waals surface area contributed by atoms with Crippen molar-refractivity contribution in [1.82, 2.24) is 9.55 Å². The van der Waals surface area contributed by atoms with E-state index < -0.39 is 6.10 Å². The van der Waals surface area contributed by atoms with Gasteiger partial charge in [-0.15, -0.1) is 11.8 Å². The van der Waals surface area contributed by atoms with Crippen molar-refractivity contribution in [3.05, 3.63) is 58.7 Å². The second-order valence-corrected chi connectivity index (χ2v) is 8.27. The average molecular weight is 349 g/mol. The van der Waals surface area contributed by atoms with Gasteiger partial charge in [0.15, 0.2) is 0 Å². The smallest absolute Gasteiger partial charge is 0.275 e. The Kier molecular flexibility index (Phi) is 6.01. The highest BCUT2D eigenvalue weighted by atomic mass is 32.2. The van der Waals surface area contributed by atoms with E-state index >= 15 is 0 Å². The summed E-state index contributed by atoms with van der Waals surface area (Å²) in [5.41, 5.74) is 0.662. The normalized spacial score (nSPS) is 14.3. The molecule has 0 saturated carbocycles. The summed E-state index contributed by atoms with van der Waals surface area (Å²) in [6.07, 6.45) is 4.85. The third-order valence-electron chi connectivity index (χ3n) is 3.34. The highest BCUT2D eigenvalue weighted by Crippen LogP contribution is 2.46. The van der Waals surface area contributed by atoms with Crippen molar-refractivity contribution in [3.8, 4) is 0 Å². The number of nitro benzene ring substituents is 1. The first kappa shape index (κ1) is 18.5. The summed E-state index contributed by atoms with van der Waals surface area (Å²) in [4.78, 5) is 15.2. The molecule has 0 bridgehead atoms. The Morgan fingerprint density at radius 1 is 1.38 bits per heavy atom. The molecule has 1 heterocycles. The lowest BCUT2D eigenvalue weighted by atomic mass is 10.1. The van der Waals surface area contributed by atoms with Crippen molar-refractivity contribution in [2.75, 3.05) is 6.61 Å². The SMILES string of the molecule is CCOC(c1ccccc1[N+](=O)[O-])C(SC(C)(C)C)n1ccnc1. The van der Waals surface area contributed by atoms with Crippen molar-refractivity contribution in [2.24, 2.45) is 0 Å². The van der Waals surface area contributed by atoms with Crippen LogP contribution < -0.4 is 0 Å². The largest absolute Gasteiger partial charge is 0.370 e. The maximum Gasteiger partial charge on any atom is 0.275 e.